The van der Waals surface area contributed by atoms with Gasteiger partial charge in [-0.2, -0.15) is 0 Å². The molecule has 0 fully saturated rings. The molecular weight excluding hydrogens is 500 g/mol. The fourth-order valence-corrected chi connectivity index (χ4v) is 5.76. The maximum Gasteiger partial charge on any atom is 0.235 e. The quantitative estimate of drug-likeness (QED) is 0.273. The van der Waals surface area contributed by atoms with E-state index >= 15 is 0 Å². The van der Waals surface area contributed by atoms with Crippen molar-refractivity contribution >= 4 is 15.9 Å². The van der Waals surface area contributed by atoms with Crippen molar-refractivity contribution in [2.24, 2.45) is 5.73 Å². The van der Waals surface area contributed by atoms with Gasteiger partial charge in [0, 0.05) is 41.8 Å². The van der Waals surface area contributed by atoms with Gasteiger partial charge in [0.1, 0.15) is 11.6 Å². The topological polar surface area (TPSA) is 135 Å². The molecule has 196 valence electrons. The fourth-order valence-electron chi connectivity index (χ4n) is 5.03. The Labute approximate surface area is 222 Å². The van der Waals surface area contributed by atoms with E-state index in [9.17, 15) is 18.3 Å². The van der Waals surface area contributed by atoms with E-state index in [0.717, 1.165) is 17.4 Å². The first-order chi connectivity index (χ1) is 18.2. The third kappa shape index (κ3) is 6.13. The van der Waals surface area contributed by atoms with Crippen molar-refractivity contribution in [1.29, 1.82) is 0 Å². The molecule has 4 N–H and O–H groups in total. The van der Waals surface area contributed by atoms with E-state index in [2.05, 4.69) is 14.7 Å². The van der Waals surface area contributed by atoms with Gasteiger partial charge in [-0.1, -0.05) is 72.8 Å². The van der Waals surface area contributed by atoms with E-state index in [1.54, 1.807) is 49.1 Å². The summed E-state index contributed by atoms with van der Waals surface area (Å²) in [5.74, 6) is -2.09. The summed E-state index contributed by atoms with van der Waals surface area (Å²) in [5.41, 5.74) is 6.65. The molecule has 0 spiro atoms. The van der Waals surface area contributed by atoms with Crippen LogP contribution in [0, 0.1) is 0 Å². The van der Waals surface area contributed by atoms with Gasteiger partial charge in [0.25, 0.3) is 0 Å². The van der Waals surface area contributed by atoms with Crippen LogP contribution in [-0.4, -0.2) is 41.7 Å². The Morgan fingerprint density at radius 1 is 0.868 bits per heavy atom. The van der Waals surface area contributed by atoms with Crippen LogP contribution in [-0.2, 0) is 20.4 Å². The first kappa shape index (κ1) is 27.1. The number of nitrogens with zero attached hydrogens (tertiary/aromatic N) is 2. The summed E-state index contributed by atoms with van der Waals surface area (Å²) in [6.07, 6.45) is 7.43. The molecule has 0 radical (unpaired) electrons. The van der Waals surface area contributed by atoms with E-state index in [0.29, 0.717) is 11.1 Å². The Morgan fingerprint density at radius 3 is 1.79 bits per heavy atom. The molecule has 2 aromatic heterocycles. The largest absolute Gasteiger partial charge is 0.380 e. The predicted molar refractivity (Wildman–Crippen MR) is 145 cm³/mol. The Morgan fingerprint density at radius 2 is 1.37 bits per heavy atom. The normalized spacial score (nSPS) is 14.4. The van der Waals surface area contributed by atoms with Crippen molar-refractivity contribution in [1.82, 2.24) is 14.7 Å². The molecule has 38 heavy (non-hydrogen) atoms. The molecule has 0 bridgehead atoms. The molecule has 1 unspecified atom stereocenters. The van der Waals surface area contributed by atoms with Crippen LogP contribution in [0.25, 0.3) is 0 Å². The van der Waals surface area contributed by atoms with Crippen LogP contribution in [0.5, 0.6) is 0 Å². The van der Waals surface area contributed by atoms with Gasteiger partial charge in [-0.25, -0.2) is 13.1 Å². The number of hydrogen-bond acceptors (Lipinski definition) is 6. The predicted octanol–water partition coefficient (Wildman–Crippen LogP) is 3.07. The van der Waals surface area contributed by atoms with Crippen LogP contribution in [0.3, 0.4) is 0 Å². The van der Waals surface area contributed by atoms with Crippen molar-refractivity contribution in [2.45, 2.75) is 29.9 Å². The molecule has 0 saturated carbocycles. The second kappa shape index (κ2) is 11.6. The van der Waals surface area contributed by atoms with Crippen LogP contribution in [0.4, 0.5) is 0 Å². The number of rotatable bonds is 11. The highest BCUT2D eigenvalue weighted by atomic mass is 32.2. The number of aromatic nitrogens is 2. The van der Waals surface area contributed by atoms with Gasteiger partial charge < -0.3 is 10.8 Å². The molecule has 2 heterocycles. The smallest absolute Gasteiger partial charge is 0.235 e. The van der Waals surface area contributed by atoms with Crippen molar-refractivity contribution in [3.63, 3.8) is 0 Å². The molecule has 0 saturated heterocycles. The van der Waals surface area contributed by atoms with Crippen LogP contribution >= 0.6 is 0 Å². The Kier molecular flexibility index (Phi) is 8.31. The first-order valence-corrected chi connectivity index (χ1v) is 14.0. The number of carbonyl (C=O) groups is 1. The van der Waals surface area contributed by atoms with Gasteiger partial charge in [-0.05, 0) is 35.6 Å². The second-order valence-electron chi connectivity index (χ2n) is 9.24. The first-order valence-electron chi connectivity index (χ1n) is 12.1. The monoisotopic (exact) mass is 530 g/mol. The van der Waals surface area contributed by atoms with Crippen LogP contribution in [0.1, 0.15) is 40.5 Å². The highest BCUT2D eigenvalue weighted by Crippen LogP contribution is 2.51. The van der Waals surface area contributed by atoms with Crippen molar-refractivity contribution < 1.29 is 18.3 Å². The number of primary amides is 1. The molecule has 4 rings (SSSR count). The standard InChI is InChI=1S/C29H30N4O4S/c1-38(36,37)33-26(28(30)34)18-25(21-10-4-2-5-11-21)27(22-12-6-3-7-13-22)29(35,23-14-8-16-31-19-23)24-15-9-17-32-20-24/h2-17,19-20,25-27,33,35H,18H2,1H3,(H2,30,34)/t25?,26-,27-/m0/s1. The number of benzene rings is 2. The minimum atomic E-state index is -3.76. The minimum Gasteiger partial charge on any atom is -0.380 e. The van der Waals surface area contributed by atoms with Gasteiger partial charge in [-0.15, -0.1) is 0 Å². The molecule has 2 aromatic carbocycles. The summed E-state index contributed by atoms with van der Waals surface area (Å²) >= 11 is 0. The number of nitrogens with one attached hydrogen (secondary N) is 1. The number of nitrogens with two attached hydrogens (primary N) is 1. The Bertz CT molecular complexity index is 1400. The number of hydrogen-bond donors (Lipinski definition) is 3. The number of pyridine rings is 2. The SMILES string of the molecule is CS(=O)(=O)N[C@@H](CC(c1ccccc1)[C@H](c1ccccc1)C(O)(c1cccnc1)c1cccnc1)C(N)=O. The molecule has 9 heteroatoms. The van der Waals surface area contributed by atoms with Crippen molar-refractivity contribution in [3.8, 4) is 0 Å². The average Bonchev–Trinajstić information content (AvgIpc) is 2.93. The lowest BCUT2D eigenvalue weighted by Gasteiger charge is -2.42. The fraction of sp³-hybridized carbons (Fsp3) is 0.207. The molecule has 0 aliphatic rings. The zero-order valence-corrected chi connectivity index (χ0v) is 21.7. The minimum absolute atomic E-state index is 0.00515. The lowest BCUT2D eigenvalue weighted by Crippen LogP contribution is -2.47. The average molecular weight is 531 g/mol. The number of amides is 1. The van der Waals surface area contributed by atoms with Crippen molar-refractivity contribution in [2.75, 3.05) is 6.26 Å². The lowest BCUT2D eigenvalue weighted by atomic mass is 9.65. The van der Waals surface area contributed by atoms with Crippen LogP contribution < -0.4 is 10.5 Å². The van der Waals surface area contributed by atoms with Gasteiger partial charge in [0.2, 0.25) is 15.9 Å². The van der Waals surface area contributed by atoms with E-state index < -0.39 is 39.4 Å². The molecule has 8 nitrogen and oxygen atoms in total. The molecule has 3 atom stereocenters. The van der Waals surface area contributed by atoms with Crippen molar-refractivity contribution in [3.05, 3.63) is 132 Å². The Balaban J connectivity index is 2.01. The second-order valence-corrected chi connectivity index (χ2v) is 11.0. The molecule has 4 aromatic rings. The van der Waals surface area contributed by atoms with E-state index in [-0.39, 0.29) is 6.42 Å². The molecule has 0 aliphatic carbocycles. The van der Waals surface area contributed by atoms with Gasteiger partial charge >= 0.3 is 0 Å². The third-order valence-corrected chi connectivity index (χ3v) is 7.34. The third-order valence-electron chi connectivity index (χ3n) is 6.63. The summed E-state index contributed by atoms with van der Waals surface area (Å²) in [4.78, 5) is 21.1. The summed E-state index contributed by atoms with van der Waals surface area (Å²) in [7, 11) is -3.76. The van der Waals surface area contributed by atoms with E-state index in [4.69, 9.17) is 5.73 Å². The van der Waals surface area contributed by atoms with Gasteiger partial charge in [0.15, 0.2) is 0 Å². The van der Waals surface area contributed by atoms with E-state index in [1.807, 2.05) is 60.7 Å². The summed E-state index contributed by atoms with van der Waals surface area (Å²) in [6, 6.07) is 24.7. The Hall–Kier alpha value is -3.92. The van der Waals surface area contributed by atoms with Gasteiger partial charge in [-0.3, -0.25) is 14.8 Å². The van der Waals surface area contributed by atoms with E-state index in [1.165, 1.54) is 0 Å². The summed E-state index contributed by atoms with van der Waals surface area (Å²) < 4.78 is 26.7. The summed E-state index contributed by atoms with van der Waals surface area (Å²) in [5, 5.41) is 12.8. The number of carbonyl (C=O) groups excluding carboxylic acids is 1. The zero-order chi connectivity index (χ0) is 27.2. The van der Waals surface area contributed by atoms with Crippen LogP contribution in [0.2, 0.25) is 0 Å². The van der Waals surface area contributed by atoms with Gasteiger partial charge in [0.05, 0.1) is 6.26 Å². The molecule has 1 amide bonds. The molecule has 0 aliphatic heterocycles. The lowest BCUT2D eigenvalue weighted by molar-refractivity contribution is -0.120. The molecular formula is C29H30N4O4S. The summed E-state index contributed by atoms with van der Waals surface area (Å²) in [6.45, 7) is 0. The maximum absolute atomic E-state index is 12.8. The highest BCUT2D eigenvalue weighted by molar-refractivity contribution is 7.88. The van der Waals surface area contributed by atoms with Crippen LogP contribution in [0.15, 0.2) is 110 Å². The highest BCUT2D eigenvalue weighted by Gasteiger charge is 2.47. The number of aliphatic hydroxyl groups is 1. The maximum atomic E-state index is 12.8. The number of sulfonamides is 1. The zero-order valence-electron chi connectivity index (χ0n) is 20.9.